The van der Waals surface area contributed by atoms with E-state index in [1.54, 1.807) is 24.3 Å². The van der Waals surface area contributed by atoms with Gasteiger partial charge in [0.1, 0.15) is 17.0 Å². The van der Waals surface area contributed by atoms with Crippen molar-refractivity contribution < 1.29 is 18.3 Å². The van der Waals surface area contributed by atoms with Crippen molar-refractivity contribution >= 4 is 11.6 Å². The van der Waals surface area contributed by atoms with Gasteiger partial charge in [0.25, 0.3) is 12.3 Å². The molecule has 4 heterocycles. The number of halogens is 2. The fraction of sp³-hybridized carbons (Fsp3) is 0.435. The molecule has 0 saturated carbocycles. The molecular formula is C23H25F2N5O2. The smallest absolute Gasteiger partial charge is 0.280 e. The average molecular weight is 441 g/mol. The van der Waals surface area contributed by atoms with Crippen LogP contribution in [0.2, 0.25) is 0 Å². The number of methoxy groups -OCH3 is 1. The van der Waals surface area contributed by atoms with Gasteiger partial charge in [-0.15, -0.1) is 0 Å². The lowest BCUT2D eigenvalue weighted by Gasteiger charge is -2.36. The Hall–Kier alpha value is -3.07. The van der Waals surface area contributed by atoms with E-state index < -0.39 is 6.43 Å². The van der Waals surface area contributed by atoms with Crippen LogP contribution < -0.4 is 10.1 Å². The quantitative estimate of drug-likeness (QED) is 0.654. The Balaban J connectivity index is 1.51. The second-order valence-corrected chi connectivity index (χ2v) is 8.55. The standard InChI is InChI=1S/C23H25F2N5O2/c1-29-14-7-8-15(29)10-13(9-14)27-23(31)17-12-26-30-19(21(24)25)11-18(28-22(17)30)16-5-3-4-6-20(16)32-2/h3-6,11-15,21H,7-10H2,1-2H3,(H,27,31)/t14-,15-/m1/s1. The number of piperidine rings is 1. The van der Waals surface area contributed by atoms with Crippen molar-refractivity contribution in [2.24, 2.45) is 0 Å². The zero-order valence-electron chi connectivity index (χ0n) is 18.0. The lowest BCUT2D eigenvalue weighted by atomic mass is 9.98. The molecule has 2 aromatic heterocycles. The van der Waals surface area contributed by atoms with E-state index in [-0.39, 0.29) is 28.9 Å². The number of fused-ring (bicyclic) bond motifs is 3. The van der Waals surface area contributed by atoms with Gasteiger partial charge in [-0.05, 0) is 50.9 Å². The summed E-state index contributed by atoms with van der Waals surface area (Å²) in [4.78, 5) is 20.1. The summed E-state index contributed by atoms with van der Waals surface area (Å²) in [7, 11) is 3.65. The molecule has 7 nitrogen and oxygen atoms in total. The fourth-order valence-corrected chi connectivity index (χ4v) is 5.09. The zero-order chi connectivity index (χ0) is 22.4. The first kappa shape index (κ1) is 20.8. The molecule has 5 rings (SSSR count). The molecule has 2 aliphatic rings. The second kappa shape index (κ2) is 8.12. The number of benzene rings is 1. The molecule has 2 fully saturated rings. The summed E-state index contributed by atoms with van der Waals surface area (Å²) in [5.74, 6) is 0.177. The van der Waals surface area contributed by atoms with Crippen molar-refractivity contribution in [3.63, 3.8) is 0 Å². The lowest BCUT2D eigenvalue weighted by Crippen LogP contribution is -2.48. The number of para-hydroxylation sites is 1. The van der Waals surface area contributed by atoms with Crippen LogP contribution in [0.1, 0.15) is 48.2 Å². The number of ether oxygens (including phenoxy) is 1. The molecule has 2 bridgehead atoms. The number of nitrogens with zero attached hydrogens (tertiary/aromatic N) is 4. The zero-order valence-corrected chi connectivity index (χ0v) is 18.0. The Morgan fingerprint density at radius 3 is 2.62 bits per heavy atom. The molecule has 0 spiro atoms. The van der Waals surface area contributed by atoms with Crippen LogP contribution in [-0.4, -0.2) is 57.7 Å². The average Bonchev–Trinajstić information content (AvgIpc) is 3.29. The summed E-state index contributed by atoms with van der Waals surface area (Å²) in [6, 6.07) is 9.36. The van der Waals surface area contributed by atoms with E-state index in [1.165, 1.54) is 19.4 Å². The Morgan fingerprint density at radius 2 is 1.94 bits per heavy atom. The molecular weight excluding hydrogens is 416 g/mol. The van der Waals surface area contributed by atoms with Gasteiger partial charge in [0.15, 0.2) is 5.65 Å². The van der Waals surface area contributed by atoms with Crippen LogP contribution in [0.25, 0.3) is 16.9 Å². The van der Waals surface area contributed by atoms with Gasteiger partial charge in [-0.1, -0.05) is 12.1 Å². The summed E-state index contributed by atoms with van der Waals surface area (Å²) < 4.78 is 34.2. The topological polar surface area (TPSA) is 71.8 Å². The predicted molar refractivity (Wildman–Crippen MR) is 115 cm³/mol. The van der Waals surface area contributed by atoms with E-state index >= 15 is 0 Å². The Morgan fingerprint density at radius 1 is 1.22 bits per heavy atom. The summed E-state index contributed by atoms with van der Waals surface area (Å²) in [6.07, 6.45) is 2.60. The molecule has 2 saturated heterocycles. The highest BCUT2D eigenvalue weighted by molar-refractivity contribution is 6.00. The van der Waals surface area contributed by atoms with E-state index in [2.05, 4.69) is 27.3 Å². The number of aromatic nitrogens is 3. The predicted octanol–water partition coefficient (Wildman–Crippen LogP) is 3.70. The van der Waals surface area contributed by atoms with Gasteiger partial charge in [0.2, 0.25) is 0 Å². The van der Waals surface area contributed by atoms with Gasteiger partial charge in [0, 0.05) is 23.7 Å². The minimum Gasteiger partial charge on any atom is -0.496 e. The summed E-state index contributed by atoms with van der Waals surface area (Å²) in [6.45, 7) is 0. The van der Waals surface area contributed by atoms with Crippen LogP contribution in [0.3, 0.4) is 0 Å². The minimum absolute atomic E-state index is 0.0538. The van der Waals surface area contributed by atoms with Gasteiger partial charge in [-0.2, -0.15) is 5.10 Å². The van der Waals surface area contributed by atoms with Crippen LogP contribution in [0.15, 0.2) is 36.5 Å². The van der Waals surface area contributed by atoms with Crippen molar-refractivity contribution in [3.05, 3.63) is 47.8 Å². The molecule has 0 unspecified atom stereocenters. The molecule has 3 aromatic rings. The normalized spacial score (nSPS) is 23.1. The maximum atomic E-state index is 13.9. The highest BCUT2D eigenvalue weighted by atomic mass is 19.3. The number of nitrogens with one attached hydrogen (secondary N) is 1. The first-order chi connectivity index (χ1) is 15.5. The number of carbonyl (C=O) groups excluding carboxylic acids is 1. The number of carbonyl (C=O) groups is 1. The van der Waals surface area contributed by atoms with Crippen molar-refractivity contribution in [1.82, 2.24) is 24.8 Å². The van der Waals surface area contributed by atoms with Gasteiger partial charge in [-0.25, -0.2) is 18.3 Å². The Kier molecular flexibility index (Phi) is 5.28. The van der Waals surface area contributed by atoms with Crippen molar-refractivity contribution in [2.75, 3.05) is 14.2 Å². The van der Waals surface area contributed by atoms with Crippen molar-refractivity contribution in [1.29, 1.82) is 0 Å². The summed E-state index contributed by atoms with van der Waals surface area (Å²) >= 11 is 0. The SMILES string of the molecule is COc1ccccc1-c1cc(C(F)F)n2ncc(C(=O)NC3C[C@H]4CC[C@H](C3)N4C)c2n1. The van der Waals surface area contributed by atoms with Crippen LogP contribution in [0, 0.1) is 0 Å². The number of alkyl halides is 2. The maximum Gasteiger partial charge on any atom is 0.280 e. The molecule has 168 valence electrons. The Bertz CT molecular complexity index is 1150. The monoisotopic (exact) mass is 441 g/mol. The van der Waals surface area contributed by atoms with Crippen molar-refractivity contribution in [2.45, 2.75) is 50.2 Å². The fourth-order valence-electron chi connectivity index (χ4n) is 5.09. The Labute approximate surface area is 184 Å². The molecule has 1 N–H and O–H groups in total. The molecule has 2 atom stereocenters. The summed E-state index contributed by atoms with van der Waals surface area (Å²) in [5, 5.41) is 7.15. The molecule has 32 heavy (non-hydrogen) atoms. The number of rotatable bonds is 5. The highest BCUT2D eigenvalue weighted by Gasteiger charge is 2.39. The number of amides is 1. The molecule has 1 amide bonds. The summed E-state index contributed by atoms with van der Waals surface area (Å²) in [5.41, 5.74) is 0.843. The maximum absolute atomic E-state index is 13.9. The lowest BCUT2D eigenvalue weighted by molar-refractivity contribution is 0.0883. The third-order valence-electron chi connectivity index (χ3n) is 6.78. The largest absolute Gasteiger partial charge is 0.496 e. The van der Waals surface area contributed by atoms with Crippen molar-refractivity contribution in [3.8, 4) is 17.0 Å². The minimum atomic E-state index is -2.78. The third kappa shape index (κ3) is 3.50. The van der Waals surface area contributed by atoms with E-state index in [0.29, 0.717) is 29.1 Å². The van der Waals surface area contributed by atoms with Gasteiger partial charge < -0.3 is 15.0 Å². The van der Waals surface area contributed by atoms with E-state index in [9.17, 15) is 13.6 Å². The van der Waals surface area contributed by atoms with E-state index in [4.69, 9.17) is 4.74 Å². The molecule has 0 aliphatic carbocycles. The van der Waals surface area contributed by atoms with Gasteiger partial charge in [0.05, 0.1) is 19.0 Å². The molecule has 9 heteroatoms. The van der Waals surface area contributed by atoms with E-state index in [1.807, 2.05) is 0 Å². The molecule has 1 aromatic carbocycles. The highest BCUT2D eigenvalue weighted by Crippen LogP contribution is 2.35. The first-order valence-corrected chi connectivity index (χ1v) is 10.8. The number of hydrogen-bond donors (Lipinski definition) is 1. The van der Waals surface area contributed by atoms with Gasteiger partial charge in [-0.3, -0.25) is 4.79 Å². The van der Waals surface area contributed by atoms with Gasteiger partial charge >= 0.3 is 0 Å². The number of hydrogen-bond acceptors (Lipinski definition) is 5. The second-order valence-electron chi connectivity index (χ2n) is 8.55. The third-order valence-corrected chi connectivity index (χ3v) is 6.78. The first-order valence-electron chi connectivity index (χ1n) is 10.8. The van der Waals surface area contributed by atoms with Crippen LogP contribution in [-0.2, 0) is 0 Å². The van der Waals surface area contributed by atoms with Crippen LogP contribution in [0.4, 0.5) is 8.78 Å². The van der Waals surface area contributed by atoms with E-state index in [0.717, 1.165) is 30.2 Å². The van der Waals surface area contributed by atoms with Crippen LogP contribution in [0.5, 0.6) is 5.75 Å². The van der Waals surface area contributed by atoms with Crippen LogP contribution >= 0.6 is 0 Å². The molecule has 2 aliphatic heterocycles. The molecule has 0 radical (unpaired) electrons.